The van der Waals surface area contributed by atoms with E-state index in [4.69, 9.17) is 14.5 Å². The van der Waals surface area contributed by atoms with Crippen molar-refractivity contribution in [1.29, 1.82) is 0 Å². The van der Waals surface area contributed by atoms with Crippen LogP contribution < -0.4 is 10.1 Å². The van der Waals surface area contributed by atoms with Crippen molar-refractivity contribution in [2.45, 2.75) is 0 Å². The van der Waals surface area contributed by atoms with E-state index in [1.165, 1.54) is 0 Å². The molecule has 0 radical (unpaired) electrons. The van der Waals surface area contributed by atoms with Crippen molar-refractivity contribution in [3.63, 3.8) is 0 Å². The number of hydrogen-bond donors (Lipinski definition) is 1. The number of benzene rings is 2. The number of carbonyl (C=O) groups excluding carboxylic acids is 1. The van der Waals surface area contributed by atoms with Crippen molar-refractivity contribution in [3.05, 3.63) is 60.2 Å². The normalized spacial score (nSPS) is 14.7. The van der Waals surface area contributed by atoms with E-state index in [9.17, 15) is 4.79 Å². The highest BCUT2D eigenvalue weighted by atomic mass is 16.5. The summed E-state index contributed by atoms with van der Waals surface area (Å²) in [5, 5.41) is 3.92. The van der Waals surface area contributed by atoms with E-state index in [0.29, 0.717) is 12.1 Å². The SMILES string of the molecule is COc1cccc(-c2cc(C(=O)NCCN3CCOCC3)c3ccccc3n2)c1. The Morgan fingerprint density at radius 2 is 1.97 bits per heavy atom. The van der Waals surface area contributed by atoms with Crippen LogP contribution in [-0.4, -0.2) is 62.3 Å². The first kappa shape index (κ1) is 19.4. The fourth-order valence-corrected chi connectivity index (χ4v) is 3.54. The van der Waals surface area contributed by atoms with Crippen LogP contribution in [0, 0.1) is 0 Å². The van der Waals surface area contributed by atoms with Crippen LogP contribution >= 0.6 is 0 Å². The largest absolute Gasteiger partial charge is 0.497 e. The molecule has 1 N–H and O–H groups in total. The van der Waals surface area contributed by atoms with Crippen molar-refractivity contribution >= 4 is 16.8 Å². The lowest BCUT2D eigenvalue weighted by Crippen LogP contribution is -2.41. The lowest BCUT2D eigenvalue weighted by atomic mass is 10.0. The Morgan fingerprint density at radius 3 is 2.79 bits per heavy atom. The molecule has 1 saturated heterocycles. The standard InChI is InChI=1S/C23H25N3O3/c1-28-18-6-4-5-17(15-18)22-16-20(19-7-2-3-8-21(19)25-22)23(27)24-9-10-26-11-13-29-14-12-26/h2-8,15-16H,9-14H2,1H3,(H,24,27). The molecule has 1 aliphatic rings. The quantitative estimate of drug-likeness (QED) is 0.700. The number of carbonyl (C=O) groups is 1. The number of morpholine rings is 1. The zero-order valence-electron chi connectivity index (χ0n) is 16.6. The van der Waals surface area contributed by atoms with E-state index in [1.54, 1.807) is 7.11 Å². The molecular weight excluding hydrogens is 366 g/mol. The summed E-state index contributed by atoms with van der Waals surface area (Å²) in [7, 11) is 1.64. The summed E-state index contributed by atoms with van der Waals surface area (Å²) in [6, 6.07) is 17.3. The van der Waals surface area contributed by atoms with Crippen LogP contribution in [-0.2, 0) is 4.74 Å². The number of aromatic nitrogens is 1. The van der Waals surface area contributed by atoms with E-state index < -0.39 is 0 Å². The highest BCUT2D eigenvalue weighted by molar-refractivity contribution is 6.07. The van der Waals surface area contributed by atoms with Crippen LogP contribution in [0.25, 0.3) is 22.2 Å². The van der Waals surface area contributed by atoms with Crippen LogP contribution in [0.3, 0.4) is 0 Å². The second-order valence-electron chi connectivity index (χ2n) is 7.01. The summed E-state index contributed by atoms with van der Waals surface area (Å²) in [6.45, 7) is 4.76. The molecule has 2 aromatic carbocycles. The number of nitrogens with zero attached hydrogens (tertiary/aromatic N) is 2. The molecule has 6 heteroatoms. The monoisotopic (exact) mass is 391 g/mol. The number of hydrogen-bond acceptors (Lipinski definition) is 5. The molecule has 1 aliphatic heterocycles. The van der Waals surface area contributed by atoms with Gasteiger partial charge in [0.2, 0.25) is 0 Å². The molecule has 150 valence electrons. The molecule has 1 fully saturated rings. The topological polar surface area (TPSA) is 63.7 Å². The molecule has 2 heterocycles. The summed E-state index contributed by atoms with van der Waals surface area (Å²) in [6.07, 6.45) is 0. The fraction of sp³-hybridized carbons (Fsp3) is 0.304. The van der Waals surface area contributed by atoms with Crippen LogP contribution in [0.5, 0.6) is 5.75 Å². The number of para-hydroxylation sites is 1. The van der Waals surface area contributed by atoms with Gasteiger partial charge in [-0.2, -0.15) is 0 Å². The Balaban J connectivity index is 1.59. The zero-order valence-corrected chi connectivity index (χ0v) is 16.6. The first-order valence-corrected chi connectivity index (χ1v) is 9.87. The third-order valence-corrected chi connectivity index (χ3v) is 5.14. The van der Waals surface area contributed by atoms with Gasteiger partial charge in [0, 0.05) is 37.1 Å². The molecule has 29 heavy (non-hydrogen) atoms. The highest BCUT2D eigenvalue weighted by Gasteiger charge is 2.15. The average molecular weight is 391 g/mol. The predicted octanol–water partition coefficient (Wildman–Crippen LogP) is 2.97. The van der Waals surface area contributed by atoms with Gasteiger partial charge in [-0.05, 0) is 24.3 Å². The molecule has 0 atom stereocenters. The van der Waals surface area contributed by atoms with Gasteiger partial charge in [0.05, 0.1) is 37.1 Å². The Bertz CT molecular complexity index is 1000. The smallest absolute Gasteiger partial charge is 0.252 e. The molecule has 4 rings (SSSR count). The number of amides is 1. The summed E-state index contributed by atoms with van der Waals surface area (Å²) in [5.74, 6) is 0.676. The highest BCUT2D eigenvalue weighted by Crippen LogP contribution is 2.27. The Kier molecular flexibility index (Phi) is 6.03. The average Bonchev–Trinajstić information content (AvgIpc) is 2.79. The third kappa shape index (κ3) is 4.55. The number of nitrogens with one attached hydrogen (secondary N) is 1. The fourth-order valence-electron chi connectivity index (χ4n) is 3.54. The molecule has 6 nitrogen and oxygen atoms in total. The maximum atomic E-state index is 13.0. The maximum Gasteiger partial charge on any atom is 0.252 e. The molecule has 0 spiro atoms. The van der Waals surface area contributed by atoms with Crippen molar-refractivity contribution in [2.24, 2.45) is 0 Å². The van der Waals surface area contributed by atoms with Crippen LogP contribution in [0.4, 0.5) is 0 Å². The van der Waals surface area contributed by atoms with Gasteiger partial charge in [-0.25, -0.2) is 4.98 Å². The first-order chi connectivity index (χ1) is 14.2. The van der Waals surface area contributed by atoms with E-state index in [0.717, 1.165) is 60.8 Å². The molecule has 0 bridgehead atoms. The van der Waals surface area contributed by atoms with Gasteiger partial charge in [0.25, 0.3) is 5.91 Å². The van der Waals surface area contributed by atoms with E-state index >= 15 is 0 Å². The van der Waals surface area contributed by atoms with Crippen molar-refractivity contribution in [1.82, 2.24) is 15.2 Å². The van der Waals surface area contributed by atoms with Crippen molar-refractivity contribution in [2.75, 3.05) is 46.5 Å². The van der Waals surface area contributed by atoms with Crippen LogP contribution in [0.2, 0.25) is 0 Å². The van der Waals surface area contributed by atoms with Gasteiger partial charge in [-0.15, -0.1) is 0 Å². The number of ether oxygens (including phenoxy) is 2. The number of pyridine rings is 1. The van der Waals surface area contributed by atoms with Gasteiger partial charge in [-0.1, -0.05) is 30.3 Å². The lowest BCUT2D eigenvalue weighted by Gasteiger charge is -2.26. The lowest BCUT2D eigenvalue weighted by molar-refractivity contribution is 0.0383. The minimum absolute atomic E-state index is 0.0824. The molecule has 0 aliphatic carbocycles. The Labute approximate surface area is 170 Å². The summed E-state index contributed by atoms with van der Waals surface area (Å²) in [5.41, 5.74) is 3.10. The van der Waals surface area contributed by atoms with E-state index in [-0.39, 0.29) is 5.91 Å². The van der Waals surface area contributed by atoms with Crippen molar-refractivity contribution in [3.8, 4) is 17.0 Å². The molecule has 1 amide bonds. The molecule has 0 saturated carbocycles. The first-order valence-electron chi connectivity index (χ1n) is 9.87. The Hall–Kier alpha value is -2.96. The zero-order chi connectivity index (χ0) is 20.1. The second kappa shape index (κ2) is 9.03. The van der Waals surface area contributed by atoms with Gasteiger partial charge >= 0.3 is 0 Å². The van der Waals surface area contributed by atoms with Gasteiger partial charge in [0.1, 0.15) is 5.75 Å². The molecular formula is C23H25N3O3. The van der Waals surface area contributed by atoms with Crippen molar-refractivity contribution < 1.29 is 14.3 Å². The van der Waals surface area contributed by atoms with E-state index in [1.807, 2.05) is 54.6 Å². The maximum absolute atomic E-state index is 13.0. The summed E-state index contributed by atoms with van der Waals surface area (Å²) in [4.78, 5) is 20.1. The molecule has 3 aromatic rings. The third-order valence-electron chi connectivity index (χ3n) is 5.14. The van der Waals surface area contributed by atoms with Gasteiger partial charge in [-0.3, -0.25) is 9.69 Å². The number of rotatable bonds is 6. The van der Waals surface area contributed by atoms with E-state index in [2.05, 4.69) is 10.2 Å². The summed E-state index contributed by atoms with van der Waals surface area (Å²) < 4.78 is 10.7. The van der Waals surface area contributed by atoms with Gasteiger partial charge < -0.3 is 14.8 Å². The summed E-state index contributed by atoms with van der Waals surface area (Å²) >= 11 is 0. The minimum atomic E-state index is -0.0824. The predicted molar refractivity (Wildman–Crippen MR) is 113 cm³/mol. The van der Waals surface area contributed by atoms with Crippen LogP contribution in [0.15, 0.2) is 54.6 Å². The minimum Gasteiger partial charge on any atom is -0.497 e. The number of fused-ring (bicyclic) bond motifs is 1. The molecule has 1 aromatic heterocycles. The van der Waals surface area contributed by atoms with Crippen LogP contribution in [0.1, 0.15) is 10.4 Å². The molecule has 0 unspecified atom stereocenters. The number of methoxy groups -OCH3 is 1. The van der Waals surface area contributed by atoms with Gasteiger partial charge in [0.15, 0.2) is 0 Å². The second-order valence-corrected chi connectivity index (χ2v) is 7.01. The Morgan fingerprint density at radius 1 is 1.14 bits per heavy atom.